The number of carboxylic acids is 1. The Morgan fingerprint density at radius 2 is 2.00 bits per heavy atom. The van der Waals surface area contributed by atoms with Gasteiger partial charge in [0.1, 0.15) is 4.90 Å². The van der Waals surface area contributed by atoms with Crippen LogP contribution in [0.5, 0.6) is 0 Å². The number of sulfonamides is 1. The SMILES string of the molecule is CNC(=O)CN(C)S(=O)(=O)c1ccc(C(=O)O)cc1N. The number of benzene rings is 1. The van der Waals surface area contributed by atoms with Crippen molar-refractivity contribution in [2.24, 2.45) is 0 Å². The Morgan fingerprint density at radius 1 is 1.40 bits per heavy atom. The van der Waals surface area contributed by atoms with Crippen molar-refractivity contribution in [1.29, 1.82) is 0 Å². The summed E-state index contributed by atoms with van der Waals surface area (Å²) in [5.74, 6) is -1.68. The first-order valence-corrected chi connectivity index (χ1v) is 6.94. The van der Waals surface area contributed by atoms with Crippen LogP contribution in [0.2, 0.25) is 0 Å². The van der Waals surface area contributed by atoms with Crippen molar-refractivity contribution in [2.75, 3.05) is 26.4 Å². The molecule has 20 heavy (non-hydrogen) atoms. The van der Waals surface area contributed by atoms with E-state index in [1.165, 1.54) is 14.1 Å². The van der Waals surface area contributed by atoms with Crippen molar-refractivity contribution >= 4 is 27.6 Å². The first-order chi connectivity index (χ1) is 9.20. The van der Waals surface area contributed by atoms with E-state index in [0.717, 1.165) is 22.5 Å². The number of nitrogens with one attached hydrogen (secondary N) is 1. The summed E-state index contributed by atoms with van der Waals surface area (Å²) in [4.78, 5) is 21.7. The fourth-order valence-corrected chi connectivity index (χ4v) is 2.67. The number of anilines is 1. The molecule has 0 heterocycles. The molecular formula is C11H15N3O5S. The fourth-order valence-electron chi connectivity index (χ4n) is 1.45. The zero-order valence-electron chi connectivity index (χ0n) is 11.0. The number of hydrogen-bond donors (Lipinski definition) is 3. The molecule has 110 valence electrons. The van der Waals surface area contributed by atoms with Gasteiger partial charge in [-0.15, -0.1) is 0 Å². The molecule has 9 heteroatoms. The van der Waals surface area contributed by atoms with E-state index in [4.69, 9.17) is 10.8 Å². The van der Waals surface area contributed by atoms with E-state index in [1.54, 1.807) is 0 Å². The summed E-state index contributed by atoms with van der Waals surface area (Å²) >= 11 is 0. The minimum atomic E-state index is -3.96. The molecule has 1 aromatic carbocycles. The lowest BCUT2D eigenvalue weighted by atomic mass is 10.2. The highest BCUT2D eigenvalue weighted by Gasteiger charge is 2.25. The van der Waals surface area contributed by atoms with Gasteiger partial charge in [0.15, 0.2) is 0 Å². The first kappa shape index (κ1) is 15.9. The largest absolute Gasteiger partial charge is 0.478 e. The molecule has 1 aromatic rings. The van der Waals surface area contributed by atoms with Crippen molar-refractivity contribution in [2.45, 2.75) is 4.90 Å². The lowest BCUT2D eigenvalue weighted by Gasteiger charge is -2.17. The molecule has 0 aliphatic rings. The third kappa shape index (κ3) is 3.25. The number of nitrogen functional groups attached to an aromatic ring is 1. The Hall–Kier alpha value is -2.13. The van der Waals surface area contributed by atoms with Crippen LogP contribution in [0.3, 0.4) is 0 Å². The zero-order valence-corrected chi connectivity index (χ0v) is 11.8. The molecule has 0 aliphatic heterocycles. The Morgan fingerprint density at radius 3 is 2.45 bits per heavy atom. The monoisotopic (exact) mass is 301 g/mol. The minimum Gasteiger partial charge on any atom is -0.478 e. The molecule has 8 nitrogen and oxygen atoms in total. The molecule has 0 aliphatic carbocycles. The van der Waals surface area contributed by atoms with Gasteiger partial charge in [0.2, 0.25) is 15.9 Å². The van der Waals surface area contributed by atoms with Crippen molar-refractivity contribution in [3.8, 4) is 0 Å². The molecular weight excluding hydrogens is 286 g/mol. The number of nitrogens with two attached hydrogens (primary N) is 1. The van der Waals surface area contributed by atoms with Crippen molar-refractivity contribution in [1.82, 2.24) is 9.62 Å². The van der Waals surface area contributed by atoms with Gasteiger partial charge in [-0.3, -0.25) is 4.79 Å². The second-order valence-electron chi connectivity index (χ2n) is 3.99. The van der Waals surface area contributed by atoms with E-state index in [-0.39, 0.29) is 22.7 Å². The molecule has 0 atom stereocenters. The number of carbonyl (C=O) groups is 2. The molecule has 0 saturated heterocycles. The Balaban J connectivity index is 3.16. The maximum absolute atomic E-state index is 12.2. The number of amides is 1. The van der Waals surface area contributed by atoms with Gasteiger partial charge < -0.3 is 16.2 Å². The molecule has 0 unspecified atom stereocenters. The Kier molecular flexibility index (Phi) is 4.69. The quantitative estimate of drug-likeness (QED) is 0.619. The number of carboxylic acid groups (broad SMARTS) is 1. The molecule has 0 radical (unpaired) electrons. The molecule has 0 aromatic heterocycles. The van der Waals surface area contributed by atoms with Crippen LogP contribution in [-0.4, -0.2) is 50.3 Å². The number of carbonyl (C=O) groups excluding carboxylic acids is 1. The predicted octanol–water partition coefficient (Wildman–Crippen LogP) is -0.666. The lowest BCUT2D eigenvalue weighted by Crippen LogP contribution is -2.37. The molecule has 1 rings (SSSR count). The summed E-state index contributed by atoms with van der Waals surface area (Å²) < 4.78 is 25.2. The van der Waals surface area contributed by atoms with E-state index >= 15 is 0 Å². The number of aromatic carboxylic acids is 1. The van der Waals surface area contributed by atoms with Gasteiger partial charge in [0.25, 0.3) is 0 Å². The first-order valence-electron chi connectivity index (χ1n) is 5.50. The van der Waals surface area contributed by atoms with Gasteiger partial charge in [0, 0.05) is 14.1 Å². The number of nitrogens with zero attached hydrogens (tertiary/aromatic N) is 1. The van der Waals surface area contributed by atoms with Crippen molar-refractivity contribution in [3.05, 3.63) is 23.8 Å². The van der Waals surface area contributed by atoms with Crippen LogP contribution in [0, 0.1) is 0 Å². The summed E-state index contributed by atoms with van der Waals surface area (Å²) in [7, 11) is -1.34. The summed E-state index contributed by atoms with van der Waals surface area (Å²) in [6.45, 7) is -0.362. The number of rotatable bonds is 5. The van der Waals surface area contributed by atoms with Gasteiger partial charge >= 0.3 is 5.97 Å². The Bertz CT molecular complexity index is 641. The third-order valence-electron chi connectivity index (χ3n) is 2.59. The fraction of sp³-hybridized carbons (Fsp3) is 0.273. The van der Waals surface area contributed by atoms with Crippen LogP contribution in [0.15, 0.2) is 23.1 Å². The van der Waals surface area contributed by atoms with E-state index in [2.05, 4.69) is 5.32 Å². The van der Waals surface area contributed by atoms with Crippen molar-refractivity contribution in [3.63, 3.8) is 0 Å². The van der Waals surface area contributed by atoms with E-state index in [1.807, 2.05) is 0 Å². The van der Waals surface area contributed by atoms with Crippen LogP contribution in [0.25, 0.3) is 0 Å². The molecule has 0 bridgehead atoms. The standard InChI is InChI=1S/C11H15N3O5S/c1-13-10(15)6-14(2)20(18,19)9-4-3-7(11(16)17)5-8(9)12/h3-5H,6,12H2,1-2H3,(H,13,15)(H,16,17). The normalized spacial score (nSPS) is 11.3. The van der Waals surface area contributed by atoms with Gasteiger partial charge in [0.05, 0.1) is 17.8 Å². The van der Waals surface area contributed by atoms with E-state index in [9.17, 15) is 18.0 Å². The van der Waals surface area contributed by atoms with Crippen LogP contribution in [0.1, 0.15) is 10.4 Å². The van der Waals surface area contributed by atoms with Crippen LogP contribution in [0.4, 0.5) is 5.69 Å². The third-order valence-corrected chi connectivity index (χ3v) is 4.47. The number of hydrogen-bond acceptors (Lipinski definition) is 5. The summed E-state index contributed by atoms with van der Waals surface area (Å²) in [5, 5.41) is 11.1. The minimum absolute atomic E-state index is 0.115. The van der Waals surface area contributed by atoms with E-state index < -0.39 is 21.9 Å². The topological polar surface area (TPSA) is 130 Å². The predicted molar refractivity (Wildman–Crippen MR) is 71.7 cm³/mol. The van der Waals surface area contributed by atoms with Crippen LogP contribution < -0.4 is 11.1 Å². The highest BCUT2D eigenvalue weighted by atomic mass is 32.2. The van der Waals surface area contributed by atoms with Crippen molar-refractivity contribution < 1.29 is 23.1 Å². The van der Waals surface area contributed by atoms with Gasteiger partial charge in [-0.25, -0.2) is 13.2 Å². The lowest BCUT2D eigenvalue weighted by molar-refractivity contribution is -0.120. The highest BCUT2D eigenvalue weighted by molar-refractivity contribution is 7.89. The molecule has 1 amide bonds. The smallest absolute Gasteiger partial charge is 0.335 e. The maximum Gasteiger partial charge on any atom is 0.335 e. The number of likely N-dealkylation sites (N-methyl/N-ethyl adjacent to an activating group) is 2. The van der Waals surface area contributed by atoms with Crippen LogP contribution in [-0.2, 0) is 14.8 Å². The summed E-state index contributed by atoms with van der Waals surface area (Å²) in [5.41, 5.74) is 5.27. The van der Waals surface area contributed by atoms with Gasteiger partial charge in [-0.2, -0.15) is 4.31 Å². The second kappa shape index (κ2) is 5.88. The Labute approximate surface area is 116 Å². The van der Waals surface area contributed by atoms with E-state index in [0.29, 0.717) is 0 Å². The molecule has 4 N–H and O–H groups in total. The molecule has 0 spiro atoms. The zero-order chi connectivity index (χ0) is 15.5. The summed E-state index contributed by atoms with van der Waals surface area (Å²) in [6, 6.07) is 3.30. The van der Waals surface area contributed by atoms with Crippen LogP contribution >= 0.6 is 0 Å². The molecule has 0 fully saturated rings. The highest BCUT2D eigenvalue weighted by Crippen LogP contribution is 2.22. The van der Waals surface area contributed by atoms with Gasteiger partial charge in [-0.05, 0) is 18.2 Å². The average molecular weight is 301 g/mol. The summed E-state index contributed by atoms with van der Waals surface area (Å²) in [6.07, 6.45) is 0. The van der Waals surface area contributed by atoms with Gasteiger partial charge in [-0.1, -0.05) is 0 Å². The molecule has 0 saturated carbocycles. The second-order valence-corrected chi connectivity index (χ2v) is 6.01. The average Bonchev–Trinajstić information content (AvgIpc) is 2.37. The maximum atomic E-state index is 12.2.